The second-order valence-corrected chi connectivity index (χ2v) is 21.5. The van der Waals surface area contributed by atoms with Crippen molar-refractivity contribution in [1.29, 1.82) is 0 Å². The summed E-state index contributed by atoms with van der Waals surface area (Å²) in [7, 11) is 0. The van der Waals surface area contributed by atoms with E-state index in [0.717, 1.165) is 32.1 Å². The monoisotopic (exact) mass is 942 g/mol. The van der Waals surface area contributed by atoms with Gasteiger partial charge in [0.15, 0.2) is 0 Å². The number of aliphatic hydroxyl groups is 2. The SMILES string of the molecule is CCCCCCCCCC/C=C/CC/C=C/C(O)C(CO)NC(=O)CCCCCCCCCCCCCCCCCCCCCCCCCCCCCCCCCCCCCCCCCCC. The maximum absolute atomic E-state index is 12.4. The predicted octanol–water partition coefficient (Wildman–Crippen LogP) is 20.7. The highest BCUT2D eigenvalue weighted by molar-refractivity contribution is 5.76. The first-order valence-electron chi connectivity index (χ1n) is 31.1. The van der Waals surface area contributed by atoms with E-state index < -0.39 is 12.1 Å². The third kappa shape index (κ3) is 55.7. The van der Waals surface area contributed by atoms with Gasteiger partial charge in [0.2, 0.25) is 5.91 Å². The Morgan fingerprint density at radius 2 is 0.582 bits per heavy atom. The van der Waals surface area contributed by atoms with E-state index in [4.69, 9.17) is 0 Å². The molecule has 0 fully saturated rings. The number of amides is 1. The number of carbonyl (C=O) groups excluding carboxylic acids is 1. The van der Waals surface area contributed by atoms with Crippen molar-refractivity contribution in [3.05, 3.63) is 24.3 Å². The average molecular weight is 943 g/mol. The molecule has 0 heterocycles. The van der Waals surface area contributed by atoms with E-state index in [0.29, 0.717) is 6.42 Å². The molecule has 0 radical (unpaired) electrons. The zero-order chi connectivity index (χ0) is 48.5. The van der Waals surface area contributed by atoms with Crippen LogP contribution in [0.5, 0.6) is 0 Å². The second kappa shape index (κ2) is 59.2. The van der Waals surface area contributed by atoms with E-state index in [9.17, 15) is 15.0 Å². The molecule has 1 amide bonds. The van der Waals surface area contributed by atoms with E-state index in [-0.39, 0.29) is 12.5 Å². The molecule has 0 aliphatic heterocycles. The van der Waals surface area contributed by atoms with Crippen LogP contribution >= 0.6 is 0 Å². The Labute approximate surface area is 421 Å². The Bertz CT molecular complexity index is 978. The Kier molecular flexibility index (Phi) is 58.2. The quantitative estimate of drug-likeness (QED) is 0.0420. The topological polar surface area (TPSA) is 69.6 Å². The first-order chi connectivity index (χ1) is 33.2. The van der Waals surface area contributed by atoms with Crippen LogP contribution in [0.3, 0.4) is 0 Å². The van der Waals surface area contributed by atoms with Crippen LogP contribution in [0.2, 0.25) is 0 Å². The molecular weight excluding hydrogens is 819 g/mol. The third-order valence-electron chi connectivity index (χ3n) is 14.7. The van der Waals surface area contributed by atoms with Gasteiger partial charge in [-0.25, -0.2) is 0 Å². The van der Waals surface area contributed by atoms with E-state index in [1.165, 1.54) is 302 Å². The minimum atomic E-state index is -0.859. The van der Waals surface area contributed by atoms with Crippen molar-refractivity contribution < 1.29 is 15.0 Å². The van der Waals surface area contributed by atoms with Crippen molar-refractivity contribution in [2.24, 2.45) is 0 Å². The molecule has 4 nitrogen and oxygen atoms in total. The van der Waals surface area contributed by atoms with Gasteiger partial charge in [0, 0.05) is 6.42 Å². The summed E-state index contributed by atoms with van der Waals surface area (Å²) in [5.74, 6) is -0.0674. The highest BCUT2D eigenvalue weighted by Gasteiger charge is 2.18. The molecule has 0 rings (SSSR count). The summed E-state index contributed by atoms with van der Waals surface area (Å²) in [6, 6.07) is -0.635. The summed E-state index contributed by atoms with van der Waals surface area (Å²) < 4.78 is 0. The fourth-order valence-electron chi connectivity index (χ4n) is 9.97. The maximum atomic E-state index is 12.4. The van der Waals surface area contributed by atoms with Crippen LogP contribution in [0.15, 0.2) is 24.3 Å². The van der Waals surface area contributed by atoms with Gasteiger partial charge in [-0.1, -0.05) is 340 Å². The summed E-state index contributed by atoms with van der Waals surface area (Å²) in [6.45, 7) is 4.32. The van der Waals surface area contributed by atoms with Gasteiger partial charge in [-0.3, -0.25) is 4.79 Å². The van der Waals surface area contributed by atoms with Crippen LogP contribution in [-0.2, 0) is 4.79 Å². The molecule has 3 N–H and O–H groups in total. The molecule has 0 saturated heterocycles. The first kappa shape index (κ1) is 65.9. The molecule has 0 saturated carbocycles. The van der Waals surface area contributed by atoms with E-state index in [1.807, 2.05) is 6.08 Å². The van der Waals surface area contributed by atoms with Gasteiger partial charge in [-0.05, 0) is 32.1 Å². The van der Waals surface area contributed by atoms with E-state index in [1.54, 1.807) is 6.08 Å². The Balaban J connectivity index is 3.34. The number of rotatable bonds is 58. The summed E-state index contributed by atoms with van der Waals surface area (Å²) in [4.78, 5) is 12.4. The summed E-state index contributed by atoms with van der Waals surface area (Å²) in [6.07, 6.45) is 79.7. The molecule has 2 atom stereocenters. The second-order valence-electron chi connectivity index (χ2n) is 21.5. The summed E-state index contributed by atoms with van der Waals surface area (Å²) in [5.41, 5.74) is 0. The molecule has 398 valence electrons. The molecule has 0 spiro atoms. The summed E-state index contributed by atoms with van der Waals surface area (Å²) in [5, 5.41) is 23.1. The molecule has 4 heteroatoms. The van der Waals surface area contributed by atoms with Crippen molar-refractivity contribution in [3.8, 4) is 0 Å². The van der Waals surface area contributed by atoms with Crippen LogP contribution < -0.4 is 5.32 Å². The number of carbonyl (C=O) groups is 1. The molecule has 0 bridgehead atoms. The molecule has 0 aromatic carbocycles. The predicted molar refractivity (Wildman–Crippen MR) is 299 cm³/mol. The van der Waals surface area contributed by atoms with Crippen molar-refractivity contribution in [2.45, 2.75) is 366 Å². The fourth-order valence-corrected chi connectivity index (χ4v) is 9.97. The highest BCUT2D eigenvalue weighted by Crippen LogP contribution is 2.19. The van der Waals surface area contributed by atoms with Crippen molar-refractivity contribution >= 4 is 5.91 Å². The molecule has 0 aromatic rings. The van der Waals surface area contributed by atoms with Crippen molar-refractivity contribution in [3.63, 3.8) is 0 Å². The van der Waals surface area contributed by atoms with Gasteiger partial charge in [0.05, 0.1) is 18.8 Å². The fraction of sp³-hybridized carbons (Fsp3) is 0.921. The van der Waals surface area contributed by atoms with E-state index >= 15 is 0 Å². The molecule has 67 heavy (non-hydrogen) atoms. The van der Waals surface area contributed by atoms with Gasteiger partial charge in [-0.2, -0.15) is 0 Å². The van der Waals surface area contributed by atoms with E-state index in [2.05, 4.69) is 31.3 Å². The van der Waals surface area contributed by atoms with Crippen molar-refractivity contribution in [2.75, 3.05) is 6.61 Å². The standard InChI is InChI=1S/C63H123NO3/c1-3-5-7-9-11-13-15-17-19-20-21-22-23-24-25-26-27-28-29-30-31-32-33-34-35-36-37-38-39-40-41-42-43-44-45-47-49-51-53-55-57-59-63(67)64-61(60-65)62(66)58-56-54-52-50-48-46-18-16-14-12-10-8-6-4-2/h48,50,56,58,61-62,65-66H,3-47,49,51-55,57,59-60H2,1-2H3,(H,64,67)/b50-48+,58-56+. The maximum Gasteiger partial charge on any atom is 0.220 e. The normalized spacial score (nSPS) is 12.8. The average Bonchev–Trinajstić information content (AvgIpc) is 3.33. The Hall–Kier alpha value is -1.13. The van der Waals surface area contributed by atoms with Crippen LogP contribution in [0.4, 0.5) is 0 Å². The number of unbranched alkanes of at least 4 members (excludes halogenated alkanes) is 49. The van der Waals surface area contributed by atoms with Crippen molar-refractivity contribution in [1.82, 2.24) is 5.32 Å². The van der Waals surface area contributed by atoms with Crippen LogP contribution in [0.1, 0.15) is 354 Å². The largest absolute Gasteiger partial charge is 0.394 e. The summed E-state index contributed by atoms with van der Waals surface area (Å²) >= 11 is 0. The zero-order valence-electron chi connectivity index (χ0n) is 46.0. The Morgan fingerprint density at radius 1 is 0.343 bits per heavy atom. The molecule has 0 aromatic heterocycles. The van der Waals surface area contributed by atoms with Gasteiger partial charge < -0.3 is 15.5 Å². The van der Waals surface area contributed by atoms with Gasteiger partial charge in [-0.15, -0.1) is 0 Å². The number of nitrogens with one attached hydrogen (secondary N) is 1. The van der Waals surface area contributed by atoms with Crippen LogP contribution in [0, 0.1) is 0 Å². The zero-order valence-corrected chi connectivity index (χ0v) is 46.0. The number of hydrogen-bond donors (Lipinski definition) is 3. The molecule has 0 aliphatic rings. The van der Waals surface area contributed by atoms with Gasteiger partial charge in [0.1, 0.15) is 0 Å². The minimum absolute atomic E-state index is 0.0674. The molecule has 0 aliphatic carbocycles. The number of aliphatic hydroxyl groups excluding tert-OH is 2. The third-order valence-corrected chi connectivity index (χ3v) is 14.7. The first-order valence-corrected chi connectivity index (χ1v) is 31.1. The minimum Gasteiger partial charge on any atom is -0.394 e. The highest BCUT2D eigenvalue weighted by atomic mass is 16.3. The lowest BCUT2D eigenvalue weighted by atomic mass is 10.0. The van der Waals surface area contributed by atoms with Crippen LogP contribution in [-0.4, -0.2) is 34.9 Å². The van der Waals surface area contributed by atoms with Gasteiger partial charge >= 0.3 is 0 Å². The van der Waals surface area contributed by atoms with Crippen LogP contribution in [0.25, 0.3) is 0 Å². The number of allylic oxidation sites excluding steroid dienone is 3. The lowest BCUT2D eigenvalue weighted by Crippen LogP contribution is -2.45. The lowest BCUT2D eigenvalue weighted by molar-refractivity contribution is -0.123. The smallest absolute Gasteiger partial charge is 0.220 e. The lowest BCUT2D eigenvalue weighted by Gasteiger charge is -2.19. The number of hydrogen-bond acceptors (Lipinski definition) is 3. The van der Waals surface area contributed by atoms with Gasteiger partial charge in [0.25, 0.3) is 0 Å². The molecular formula is C63H123NO3. The Morgan fingerprint density at radius 3 is 0.866 bits per heavy atom. The molecule has 2 unspecified atom stereocenters.